The van der Waals surface area contributed by atoms with E-state index in [0.29, 0.717) is 24.2 Å². The van der Waals surface area contributed by atoms with Crippen molar-refractivity contribution in [2.45, 2.75) is 25.7 Å². The Labute approximate surface area is 87.3 Å². The fourth-order valence-corrected chi connectivity index (χ4v) is 2.40. The van der Waals surface area contributed by atoms with Crippen LogP contribution >= 0.6 is 0 Å². The molecule has 0 aromatic heterocycles. The van der Waals surface area contributed by atoms with Crippen molar-refractivity contribution in [1.82, 2.24) is 0 Å². The van der Waals surface area contributed by atoms with Gasteiger partial charge in [-0.15, -0.1) is 0 Å². The maximum Gasteiger partial charge on any atom is 0.0621 e. The Hall–Kier alpha value is -0.550. The van der Waals surface area contributed by atoms with Gasteiger partial charge in [-0.3, -0.25) is 0 Å². The molecule has 3 unspecified atom stereocenters. The van der Waals surface area contributed by atoms with Gasteiger partial charge in [0.25, 0.3) is 0 Å². The van der Waals surface area contributed by atoms with Crippen LogP contribution in [0.5, 0.6) is 0 Å². The molecule has 3 atom stereocenters. The van der Waals surface area contributed by atoms with Gasteiger partial charge in [0.15, 0.2) is 0 Å². The first-order valence-electron chi connectivity index (χ1n) is 5.32. The highest BCUT2D eigenvalue weighted by Crippen LogP contribution is 2.40. The Morgan fingerprint density at radius 2 is 2.43 bits per heavy atom. The maximum absolute atomic E-state index is 8.56. The van der Waals surface area contributed by atoms with E-state index in [2.05, 4.69) is 19.4 Å². The van der Waals surface area contributed by atoms with Crippen molar-refractivity contribution in [3.63, 3.8) is 0 Å². The maximum atomic E-state index is 8.56. The Morgan fingerprint density at radius 1 is 1.64 bits per heavy atom. The summed E-state index contributed by atoms with van der Waals surface area (Å²) in [5.41, 5.74) is 0. The predicted octanol–water partition coefficient (Wildman–Crippen LogP) is 2.62. The van der Waals surface area contributed by atoms with Crippen LogP contribution in [-0.4, -0.2) is 13.7 Å². The highest BCUT2D eigenvalue weighted by molar-refractivity contribution is 4.96. The summed E-state index contributed by atoms with van der Waals surface area (Å²) in [5.74, 6) is 1.82. The number of methoxy groups -OCH3 is 1. The summed E-state index contributed by atoms with van der Waals surface area (Å²) in [6.07, 6.45) is 6.13. The summed E-state index contributed by atoms with van der Waals surface area (Å²) < 4.78 is 5.24. The molecule has 0 amide bonds. The molecular formula is C12H19NO. The molecule has 1 fully saturated rings. The van der Waals surface area contributed by atoms with Crippen molar-refractivity contribution in [3.8, 4) is 6.07 Å². The van der Waals surface area contributed by atoms with Gasteiger partial charge in [0.2, 0.25) is 0 Å². The molecule has 2 heteroatoms. The largest absolute Gasteiger partial charge is 0.384 e. The summed E-state index contributed by atoms with van der Waals surface area (Å²) in [4.78, 5) is 0. The van der Waals surface area contributed by atoms with Gasteiger partial charge in [-0.25, -0.2) is 0 Å². The summed E-state index contributed by atoms with van der Waals surface area (Å²) in [6.45, 7) is 4.79. The Balaban J connectivity index is 2.45. The molecule has 14 heavy (non-hydrogen) atoms. The number of nitrogens with zero attached hydrogens (tertiary/aromatic N) is 1. The van der Waals surface area contributed by atoms with Crippen LogP contribution in [0, 0.1) is 42.4 Å². The van der Waals surface area contributed by atoms with Gasteiger partial charge in [-0.1, -0.05) is 13.3 Å². The lowest BCUT2D eigenvalue weighted by molar-refractivity contribution is 0.110. The molecule has 0 heterocycles. The minimum absolute atomic E-state index is 0.571. The molecule has 0 spiro atoms. The Kier molecular flexibility index (Phi) is 4.97. The average molecular weight is 193 g/mol. The fourth-order valence-electron chi connectivity index (χ4n) is 2.40. The Bertz CT molecular complexity index is 197. The number of nitriles is 1. The molecule has 1 rings (SSSR count). The lowest BCUT2D eigenvalue weighted by atomic mass is 9.86. The van der Waals surface area contributed by atoms with Crippen LogP contribution in [-0.2, 0) is 4.74 Å². The third-order valence-corrected chi connectivity index (χ3v) is 3.22. The van der Waals surface area contributed by atoms with Crippen LogP contribution in [0.1, 0.15) is 25.7 Å². The van der Waals surface area contributed by atoms with Gasteiger partial charge in [0.05, 0.1) is 6.07 Å². The van der Waals surface area contributed by atoms with Crippen LogP contribution in [0.4, 0.5) is 0 Å². The van der Waals surface area contributed by atoms with Crippen LogP contribution < -0.4 is 0 Å². The van der Waals surface area contributed by atoms with E-state index in [1.165, 1.54) is 0 Å². The zero-order chi connectivity index (χ0) is 10.4. The van der Waals surface area contributed by atoms with Crippen molar-refractivity contribution in [1.29, 1.82) is 5.26 Å². The third-order valence-electron chi connectivity index (χ3n) is 3.22. The lowest BCUT2D eigenvalue weighted by Crippen LogP contribution is -2.20. The average Bonchev–Trinajstić information content (AvgIpc) is 2.58. The van der Waals surface area contributed by atoms with Crippen molar-refractivity contribution >= 4 is 0 Å². The van der Waals surface area contributed by atoms with Crippen molar-refractivity contribution in [2.24, 2.45) is 17.8 Å². The molecule has 2 radical (unpaired) electrons. The van der Waals surface area contributed by atoms with E-state index < -0.39 is 0 Å². The molecule has 1 saturated carbocycles. The zero-order valence-electron chi connectivity index (χ0n) is 8.91. The smallest absolute Gasteiger partial charge is 0.0621 e. The standard InChI is InChI=1S/C12H19NO/c1-3-10-6-7-11(5-4-8-13)12(10)9-14-2/h7,10-12H,1,3-6,9H2,2H3. The van der Waals surface area contributed by atoms with Gasteiger partial charge in [0.1, 0.15) is 0 Å². The van der Waals surface area contributed by atoms with E-state index in [-0.39, 0.29) is 0 Å². The van der Waals surface area contributed by atoms with Crippen LogP contribution in [0.3, 0.4) is 0 Å². The topological polar surface area (TPSA) is 33.0 Å². The molecule has 0 bridgehead atoms. The minimum Gasteiger partial charge on any atom is -0.384 e. The molecule has 78 valence electrons. The monoisotopic (exact) mass is 193 g/mol. The molecule has 1 aliphatic carbocycles. The second-order valence-corrected chi connectivity index (χ2v) is 4.00. The van der Waals surface area contributed by atoms with Gasteiger partial charge in [-0.2, -0.15) is 5.26 Å². The fraction of sp³-hybridized carbons (Fsp3) is 0.750. The lowest BCUT2D eigenvalue weighted by Gasteiger charge is -2.22. The Morgan fingerprint density at radius 3 is 3.00 bits per heavy atom. The van der Waals surface area contributed by atoms with E-state index >= 15 is 0 Å². The first-order chi connectivity index (χ1) is 6.83. The second kappa shape index (κ2) is 6.03. The van der Waals surface area contributed by atoms with E-state index in [1.807, 2.05) is 0 Å². The molecular weight excluding hydrogens is 174 g/mol. The SMILES string of the molecule is [CH2]CC1C[CH]C(CCC#N)C1COC. The zero-order valence-corrected chi connectivity index (χ0v) is 8.91. The second-order valence-electron chi connectivity index (χ2n) is 4.00. The summed E-state index contributed by atoms with van der Waals surface area (Å²) in [6, 6.07) is 2.21. The van der Waals surface area contributed by atoms with Crippen molar-refractivity contribution < 1.29 is 4.74 Å². The third kappa shape index (κ3) is 2.72. The molecule has 0 saturated heterocycles. The highest BCUT2D eigenvalue weighted by atomic mass is 16.5. The number of hydrogen-bond acceptors (Lipinski definition) is 2. The van der Waals surface area contributed by atoms with Gasteiger partial charge >= 0.3 is 0 Å². The van der Waals surface area contributed by atoms with E-state index in [0.717, 1.165) is 25.9 Å². The summed E-state index contributed by atoms with van der Waals surface area (Å²) in [7, 11) is 1.75. The quantitative estimate of drug-likeness (QED) is 0.672. The predicted molar refractivity (Wildman–Crippen MR) is 56.1 cm³/mol. The molecule has 2 nitrogen and oxygen atoms in total. The number of rotatable bonds is 5. The molecule has 0 N–H and O–H groups in total. The van der Waals surface area contributed by atoms with Crippen LogP contribution in [0.2, 0.25) is 0 Å². The van der Waals surface area contributed by atoms with Gasteiger partial charge in [0, 0.05) is 20.1 Å². The number of ether oxygens (including phenoxy) is 1. The first kappa shape index (κ1) is 11.5. The summed E-state index contributed by atoms with van der Waals surface area (Å²) in [5, 5.41) is 8.56. The van der Waals surface area contributed by atoms with Crippen LogP contribution in [0.25, 0.3) is 0 Å². The molecule has 1 aliphatic rings. The molecule has 0 aliphatic heterocycles. The van der Waals surface area contributed by atoms with Gasteiger partial charge in [-0.05, 0) is 37.0 Å². The normalized spacial score (nSPS) is 31.6. The van der Waals surface area contributed by atoms with E-state index in [9.17, 15) is 0 Å². The molecule has 0 aromatic carbocycles. The first-order valence-corrected chi connectivity index (χ1v) is 5.32. The van der Waals surface area contributed by atoms with Crippen molar-refractivity contribution in [2.75, 3.05) is 13.7 Å². The van der Waals surface area contributed by atoms with E-state index in [1.54, 1.807) is 7.11 Å². The van der Waals surface area contributed by atoms with Crippen molar-refractivity contribution in [3.05, 3.63) is 13.3 Å². The highest BCUT2D eigenvalue weighted by Gasteiger charge is 2.34. The molecule has 0 aromatic rings. The summed E-state index contributed by atoms with van der Waals surface area (Å²) >= 11 is 0. The van der Waals surface area contributed by atoms with Crippen LogP contribution in [0.15, 0.2) is 0 Å². The van der Waals surface area contributed by atoms with Gasteiger partial charge < -0.3 is 4.74 Å². The van der Waals surface area contributed by atoms with E-state index in [4.69, 9.17) is 10.00 Å². The minimum atomic E-state index is 0.571. The number of hydrogen-bond donors (Lipinski definition) is 0.